The molecule has 1 saturated heterocycles. The lowest BCUT2D eigenvalue weighted by atomic mass is 10.2. The molecule has 0 spiro atoms. The summed E-state index contributed by atoms with van der Waals surface area (Å²) in [6, 6.07) is 8.23. The van der Waals surface area contributed by atoms with Gasteiger partial charge in [-0.15, -0.1) is 0 Å². The Kier molecular flexibility index (Phi) is 5.42. The molecule has 0 unspecified atom stereocenters. The van der Waals surface area contributed by atoms with Crippen molar-refractivity contribution in [3.8, 4) is 0 Å². The van der Waals surface area contributed by atoms with E-state index in [1.54, 1.807) is 0 Å². The smallest absolute Gasteiger partial charge is 0.239 e. The maximum atomic E-state index is 6.17. The predicted octanol–water partition coefficient (Wildman–Crippen LogP) is 1.19. The highest BCUT2D eigenvalue weighted by molar-refractivity contribution is 6.28. The third-order valence-electron chi connectivity index (χ3n) is 4.37. The number of hydrogen-bond donors (Lipinski definition) is 0. The molecule has 1 aromatic heterocycles. The Morgan fingerprint density at radius 2 is 1.86 bits per heavy atom. The maximum absolute atomic E-state index is 6.17. The van der Waals surface area contributed by atoms with E-state index in [2.05, 4.69) is 29.0 Å². The molecule has 0 amide bonds. The number of hydrogen-bond acceptors (Lipinski definition) is 2. The average Bonchev–Trinajstić information content (AvgIpc) is 2.94. The lowest BCUT2D eigenvalue weighted by molar-refractivity contribution is -0.00000419. The molecule has 21 heavy (non-hydrogen) atoms. The summed E-state index contributed by atoms with van der Waals surface area (Å²) in [6.07, 6.45) is 5.01. The minimum absolute atomic E-state index is 0. The summed E-state index contributed by atoms with van der Waals surface area (Å²) in [4.78, 5) is 9.00. The van der Waals surface area contributed by atoms with Crippen molar-refractivity contribution in [1.82, 2.24) is 14.5 Å². The molecule has 114 valence electrons. The Hall–Kier alpha value is -0.900. The summed E-state index contributed by atoms with van der Waals surface area (Å²) in [7, 11) is 0. The molecule has 3 rings (SSSR count). The van der Waals surface area contributed by atoms with Gasteiger partial charge in [0.2, 0.25) is 11.1 Å². The number of fused-ring (bicyclic) bond motifs is 1. The first-order valence-corrected chi connectivity index (χ1v) is 7.92. The molecule has 5 heteroatoms. The second kappa shape index (κ2) is 6.91. The quantitative estimate of drug-likeness (QED) is 0.623. The molecular formula is C16H21Cl2N3. The van der Waals surface area contributed by atoms with E-state index in [-0.39, 0.29) is 12.4 Å². The predicted molar refractivity (Wildman–Crippen MR) is 85.1 cm³/mol. The molecule has 1 aliphatic rings. The van der Waals surface area contributed by atoms with E-state index < -0.39 is 0 Å². The van der Waals surface area contributed by atoms with Crippen molar-refractivity contribution < 1.29 is 12.4 Å². The van der Waals surface area contributed by atoms with Gasteiger partial charge in [-0.1, -0.05) is 25.5 Å². The third kappa shape index (κ3) is 3.15. The molecule has 0 atom stereocenters. The number of quaternary nitrogens is 1. The molecule has 0 bridgehead atoms. The minimum Gasteiger partial charge on any atom is -1.00 e. The fourth-order valence-corrected chi connectivity index (χ4v) is 3.51. The summed E-state index contributed by atoms with van der Waals surface area (Å²) >= 11 is 6.17. The van der Waals surface area contributed by atoms with Crippen LogP contribution in [0.3, 0.4) is 0 Å². The number of benzene rings is 1. The van der Waals surface area contributed by atoms with Crippen LogP contribution in [-0.2, 0) is 0 Å². The van der Waals surface area contributed by atoms with Gasteiger partial charge in [-0.05, 0) is 30.2 Å². The molecule has 1 aliphatic heterocycles. The summed E-state index contributed by atoms with van der Waals surface area (Å²) in [5, 5.41) is 1.54. The van der Waals surface area contributed by atoms with Gasteiger partial charge in [0.25, 0.3) is 0 Å². The van der Waals surface area contributed by atoms with Crippen LogP contribution in [0.5, 0.6) is 0 Å². The summed E-state index contributed by atoms with van der Waals surface area (Å²) in [5.41, 5.74) is 0.961. The zero-order valence-electron chi connectivity index (χ0n) is 12.4. The molecule has 1 aromatic carbocycles. The molecular weight excluding hydrogens is 305 g/mol. The van der Waals surface area contributed by atoms with Crippen LogP contribution < -0.4 is 16.9 Å². The standard InChI is InChI=1S/C16H21ClN3.ClH/c1-2-3-10-20(11-6-7-12-20)15-13-8-4-5-9-14(13)18-16(17)19-15;/h4-5,8-9H,2-3,6-7,10-12H2,1H3;1H/q+1;/p-1. The van der Waals surface area contributed by atoms with Crippen molar-refractivity contribution in [3.63, 3.8) is 0 Å². The minimum atomic E-state index is 0. The highest BCUT2D eigenvalue weighted by atomic mass is 35.5. The van der Waals surface area contributed by atoms with Crippen molar-refractivity contribution in [1.29, 1.82) is 0 Å². The molecule has 2 heterocycles. The van der Waals surface area contributed by atoms with Crippen LogP contribution in [0.2, 0.25) is 5.28 Å². The molecule has 3 nitrogen and oxygen atoms in total. The van der Waals surface area contributed by atoms with Crippen molar-refractivity contribution in [2.24, 2.45) is 0 Å². The van der Waals surface area contributed by atoms with Gasteiger partial charge < -0.3 is 12.4 Å². The van der Waals surface area contributed by atoms with Crippen molar-refractivity contribution in [2.75, 3.05) is 19.6 Å². The van der Waals surface area contributed by atoms with Crippen LogP contribution >= 0.6 is 11.6 Å². The average molecular weight is 326 g/mol. The van der Waals surface area contributed by atoms with Crippen LogP contribution in [-0.4, -0.2) is 29.6 Å². The number of likely N-dealkylation sites (tertiary alicyclic amines) is 1. The largest absolute Gasteiger partial charge is 1.00 e. The fraction of sp³-hybridized carbons (Fsp3) is 0.500. The van der Waals surface area contributed by atoms with Crippen LogP contribution in [0.4, 0.5) is 5.82 Å². The Bertz CT molecular complexity index is 609. The molecule has 0 aliphatic carbocycles. The number of halogens is 2. The van der Waals surface area contributed by atoms with Gasteiger partial charge in [0.15, 0.2) is 0 Å². The highest BCUT2D eigenvalue weighted by Crippen LogP contribution is 2.34. The molecule has 0 saturated carbocycles. The first kappa shape index (κ1) is 16.5. The lowest BCUT2D eigenvalue weighted by Crippen LogP contribution is -3.00. The number of para-hydroxylation sites is 1. The first-order valence-electron chi connectivity index (χ1n) is 7.54. The highest BCUT2D eigenvalue weighted by Gasteiger charge is 2.37. The second-order valence-corrected chi connectivity index (χ2v) is 6.05. The zero-order chi connectivity index (χ0) is 14.0. The van der Waals surface area contributed by atoms with Crippen molar-refractivity contribution in [3.05, 3.63) is 29.5 Å². The monoisotopic (exact) mass is 325 g/mol. The Morgan fingerprint density at radius 3 is 2.57 bits per heavy atom. The van der Waals surface area contributed by atoms with E-state index in [0.29, 0.717) is 5.28 Å². The number of nitrogens with zero attached hydrogens (tertiary/aromatic N) is 3. The van der Waals surface area contributed by atoms with Crippen LogP contribution in [0.25, 0.3) is 10.9 Å². The topological polar surface area (TPSA) is 25.8 Å². The van der Waals surface area contributed by atoms with Crippen LogP contribution in [0.15, 0.2) is 24.3 Å². The van der Waals surface area contributed by atoms with Gasteiger partial charge in [-0.2, -0.15) is 4.98 Å². The third-order valence-corrected chi connectivity index (χ3v) is 4.54. The Labute approximate surface area is 137 Å². The lowest BCUT2D eigenvalue weighted by Gasteiger charge is -2.33. The number of rotatable bonds is 4. The van der Waals surface area contributed by atoms with Gasteiger partial charge in [0.05, 0.1) is 30.5 Å². The van der Waals surface area contributed by atoms with E-state index in [0.717, 1.165) is 27.7 Å². The van der Waals surface area contributed by atoms with Gasteiger partial charge in [-0.25, -0.2) is 4.98 Å². The van der Waals surface area contributed by atoms with Crippen LogP contribution in [0, 0.1) is 0 Å². The van der Waals surface area contributed by atoms with E-state index in [9.17, 15) is 0 Å². The summed E-state index contributed by atoms with van der Waals surface area (Å²) < 4.78 is 0.983. The fourth-order valence-electron chi connectivity index (χ4n) is 3.34. The summed E-state index contributed by atoms with van der Waals surface area (Å²) in [5.74, 6) is 1.13. The summed E-state index contributed by atoms with van der Waals surface area (Å²) in [6.45, 7) is 5.76. The normalized spacial score (nSPS) is 16.9. The second-order valence-electron chi connectivity index (χ2n) is 5.71. The Morgan fingerprint density at radius 1 is 1.14 bits per heavy atom. The Balaban J connectivity index is 0.00000161. The maximum Gasteiger partial charge on any atom is 0.239 e. The first-order chi connectivity index (χ1) is 9.75. The van der Waals surface area contributed by atoms with E-state index in [1.807, 2.05) is 12.1 Å². The molecule has 0 radical (unpaired) electrons. The molecule has 0 N–H and O–H groups in total. The molecule has 1 fully saturated rings. The van der Waals surface area contributed by atoms with E-state index in [1.165, 1.54) is 38.8 Å². The number of unbranched alkanes of at least 4 members (excludes halogenated alkanes) is 1. The van der Waals surface area contributed by atoms with Gasteiger partial charge in [-0.3, -0.25) is 4.48 Å². The van der Waals surface area contributed by atoms with E-state index in [4.69, 9.17) is 11.6 Å². The van der Waals surface area contributed by atoms with Crippen molar-refractivity contribution in [2.45, 2.75) is 32.6 Å². The molecule has 2 aromatic rings. The number of aromatic nitrogens is 2. The SMILES string of the molecule is CCCC[N+]1(c2nc(Cl)nc3ccccc23)CCCC1.[Cl-]. The van der Waals surface area contributed by atoms with Gasteiger partial charge >= 0.3 is 0 Å². The zero-order valence-corrected chi connectivity index (χ0v) is 13.9. The van der Waals surface area contributed by atoms with Gasteiger partial charge in [0.1, 0.15) is 0 Å². The van der Waals surface area contributed by atoms with Crippen molar-refractivity contribution >= 4 is 28.3 Å². The van der Waals surface area contributed by atoms with Crippen LogP contribution in [0.1, 0.15) is 32.6 Å². The van der Waals surface area contributed by atoms with Gasteiger partial charge in [0, 0.05) is 12.8 Å². The van der Waals surface area contributed by atoms with E-state index >= 15 is 0 Å².